The molecule has 20 heavy (non-hydrogen) atoms. The highest BCUT2D eigenvalue weighted by Gasteiger charge is 2.42. The molecule has 0 amide bonds. The van der Waals surface area contributed by atoms with E-state index in [1.807, 2.05) is 0 Å². The first kappa shape index (κ1) is 12.9. The average molecular weight is 274 g/mol. The number of hydrogen-bond donors (Lipinski definition) is 1. The van der Waals surface area contributed by atoms with Crippen molar-refractivity contribution in [3.8, 4) is 0 Å². The number of nitrogens with zero attached hydrogens (tertiary/aromatic N) is 1. The summed E-state index contributed by atoms with van der Waals surface area (Å²) in [7, 11) is 0. The largest absolute Gasteiger partial charge is 0.370 e. The zero-order chi connectivity index (χ0) is 13.4. The molecule has 110 valence electrons. The lowest BCUT2D eigenvalue weighted by molar-refractivity contribution is -0.0417. The van der Waals surface area contributed by atoms with Gasteiger partial charge in [-0.15, -0.1) is 0 Å². The molecule has 1 N–H and O–H groups in total. The van der Waals surface area contributed by atoms with Crippen LogP contribution in [0.25, 0.3) is 0 Å². The van der Waals surface area contributed by atoms with Crippen molar-refractivity contribution >= 4 is 0 Å². The molecule has 2 heterocycles. The van der Waals surface area contributed by atoms with Crippen LogP contribution in [0.3, 0.4) is 0 Å². The summed E-state index contributed by atoms with van der Waals surface area (Å²) in [6.07, 6.45) is 15.5. The Bertz CT molecular complexity index is 457. The lowest BCUT2D eigenvalue weighted by Gasteiger charge is -2.24. The van der Waals surface area contributed by atoms with Crippen LogP contribution in [0.15, 0.2) is 18.5 Å². The molecule has 1 unspecified atom stereocenters. The van der Waals surface area contributed by atoms with Gasteiger partial charge >= 0.3 is 0 Å². The van der Waals surface area contributed by atoms with Gasteiger partial charge in [-0.25, -0.2) is 0 Å². The fourth-order valence-electron chi connectivity index (χ4n) is 3.90. The predicted molar refractivity (Wildman–Crippen MR) is 79.6 cm³/mol. The van der Waals surface area contributed by atoms with Gasteiger partial charge in [-0.05, 0) is 50.2 Å². The molecule has 1 saturated heterocycles. The van der Waals surface area contributed by atoms with Crippen LogP contribution in [0.1, 0.15) is 56.9 Å². The molecule has 2 aliphatic carbocycles. The van der Waals surface area contributed by atoms with E-state index in [9.17, 15) is 0 Å². The van der Waals surface area contributed by atoms with Gasteiger partial charge in [-0.2, -0.15) is 0 Å². The highest BCUT2D eigenvalue weighted by atomic mass is 16.5. The summed E-state index contributed by atoms with van der Waals surface area (Å²) in [4.78, 5) is 0. The predicted octanol–water partition coefficient (Wildman–Crippen LogP) is 3.23. The summed E-state index contributed by atoms with van der Waals surface area (Å²) >= 11 is 0. The second kappa shape index (κ2) is 5.19. The van der Waals surface area contributed by atoms with Crippen LogP contribution in [-0.4, -0.2) is 22.3 Å². The Morgan fingerprint density at radius 3 is 2.85 bits per heavy atom. The van der Waals surface area contributed by atoms with Crippen LogP contribution in [0.5, 0.6) is 0 Å². The molecular formula is C17H26N2O. The van der Waals surface area contributed by atoms with Crippen molar-refractivity contribution < 1.29 is 4.74 Å². The summed E-state index contributed by atoms with van der Waals surface area (Å²) in [5.41, 5.74) is 1.68. The second-order valence-corrected chi connectivity index (χ2v) is 7.04. The molecule has 1 spiro atoms. The number of nitrogens with one attached hydrogen (secondary N) is 1. The van der Waals surface area contributed by atoms with E-state index in [1.54, 1.807) is 0 Å². The van der Waals surface area contributed by atoms with Crippen molar-refractivity contribution in [2.75, 3.05) is 0 Å². The number of hydrogen-bond acceptors (Lipinski definition) is 2. The van der Waals surface area contributed by atoms with Crippen molar-refractivity contribution in [3.63, 3.8) is 0 Å². The normalized spacial score (nSPS) is 28.5. The standard InChI is InChI=1S/C17H26N2O/c1-2-8-17(7-1)9-5-16(20-17)13-19-10-6-14(12-19)11-18-15-3-4-15/h6,10,12,15-16,18H,1-5,7-9,11,13H2. The maximum atomic E-state index is 6.39. The second-order valence-electron chi connectivity index (χ2n) is 7.04. The molecule has 0 radical (unpaired) electrons. The molecule has 3 aliphatic rings. The SMILES string of the molecule is c1cn(CC2CCC3(CCCC3)O2)cc1CNC1CC1. The third kappa shape index (κ3) is 2.79. The van der Waals surface area contributed by atoms with Gasteiger partial charge in [0.25, 0.3) is 0 Å². The molecule has 0 bridgehead atoms. The summed E-state index contributed by atoms with van der Waals surface area (Å²) in [6, 6.07) is 3.04. The summed E-state index contributed by atoms with van der Waals surface area (Å²) in [6.45, 7) is 2.05. The Hall–Kier alpha value is -0.800. The van der Waals surface area contributed by atoms with Gasteiger partial charge in [0, 0.05) is 31.5 Å². The Balaban J connectivity index is 1.30. The topological polar surface area (TPSA) is 26.2 Å². The summed E-state index contributed by atoms with van der Waals surface area (Å²) in [5.74, 6) is 0. The molecule has 4 rings (SSSR count). The molecule has 3 nitrogen and oxygen atoms in total. The molecule has 3 heteroatoms. The maximum absolute atomic E-state index is 6.39. The quantitative estimate of drug-likeness (QED) is 0.892. The van der Waals surface area contributed by atoms with Crippen molar-refractivity contribution in [2.45, 2.75) is 82.2 Å². The van der Waals surface area contributed by atoms with Crippen molar-refractivity contribution in [1.29, 1.82) is 0 Å². The van der Waals surface area contributed by atoms with E-state index in [0.29, 0.717) is 6.10 Å². The third-order valence-electron chi connectivity index (χ3n) is 5.25. The third-order valence-corrected chi connectivity index (χ3v) is 5.25. The van der Waals surface area contributed by atoms with Crippen LogP contribution in [0, 0.1) is 0 Å². The molecule has 1 atom stereocenters. The van der Waals surface area contributed by atoms with Crippen LogP contribution >= 0.6 is 0 Å². The zero-order valence-electron chi connectivity index (χ0n) is 12.3. The van der Waals surface area contributed by atoms with Gasteiger partial charge in [0.05, 0.1) is 11.7 Å². The van der Waals surface area contributed by atoms with E-state index in [2.05, 4.69) is 28.3 Å². The monoisotopic (exact) mass is 274 g/mol. The molecule has 1 aliphatic heterocycles. The smallest absolute Gasteiger partial charge is 0.0762 e. The highest BCUT2D eigenvalue weighted by molar-refractivity contribution is 5.11. The van der Waals surface area contributed by atoms with Gasteiger partial charge in [0.2, 0.25) is 0 Å². The molecule has 0 aromatic carbocycles. The minimum absolute atomic E-state index is 0.272. The minimum Gasteiger partial charge on any atom is -0.370 e. The lowest BCUT2D eigenvalue weighted by atomic mass is 9.98. The van der Waals surface area contributed by atoms with Crippen molar-refractivity contribution in [2.24, 2.45) is 0 Å². The van der Waals surface area contributed by atoms with Gasteiger partial charge in [0.15, 0.2) is 0 Å². The van der Waals surface area contributed by atoms with E-state index >= 15 is 0 Å². The van der Waals surface area contributed by atoms with E-state index in [4.69, 9.17) is 4.74 Å². The Morgan fingerprint density at radius 2 is 2.05 bits per heavy atom. The molecule has 1 aromatic heterocycles. The van der Waals surface area contributed by atoms with Crippen molar-refractivity contribution in [1.82, 2.24) is 9.88 Å². The first-order valence-electron chi connectivity index (χ1n) is 8.37. The van der Waals surface area contributed by atoms with Gasteiger partial charge in [-0.1, -0.05) is 12.8 Å². The van der Waals surface area contributed by atoms with E-state index in [1.165, 1.54) is 56.9 Å². The Kier molecular flexibility index (Phi) is 3.35. The van der Waals surface area contributed by atoms with Crippen LogP contribution in [-0.2, 0) is 17.8 Å². The Labute approximate surface area is 121 Å². The number of rotatable bonds is 5. The van der Waals surface area contributed by atoms with E-state index in [0.717, 1.165) is 19.1 Å². The molecular weight excluding hydrogens is 248 g/mol. The van der Waals surface area contributed by atoms with Gasteiger partial charge in [0.1, 0.15) is 0 Å². The average Bonchev–Trinajstić information content (AvgIpc) is 2.87. The molecule has 2 saturated carbocycles. The van der Waals surface area contributed by atoms with Crippen LogP contribution < -0.4 is 5.32 Å². The fourth-order valence-corrected chi connectivity index (χ4v) is 3.90. The van der Waals surface area contributed by atoms with E-state index in [-0.39, 0.29) is 5.60 Å². The van der Waals surface area contributed by atoms with Crippen LogP contribution in [0.2, 0.25) is 0 Å². The summed E-state index contributed by atoms with van der Waals surface area (Å²) in [5, 5.41) is 3.57. The number of aromatic nitrogens is 1. The van der Waals surface area contributed by atoms with Crippen molar-refractivity contribution in [3.05, 3.63) is 24.0 Å². The highest BCUT2D eigenvalue weighted by Crippen LogP contribution is 2.43. The summed E-state index contributed by atoms with van der Waals surface area (Å²) < 4.78 is 8.72. The molecule has 1 aromatic rings. The fraction of sp³-hybridized carbons (Fsp3) is 0.765. The zero-order valence-corrected chi connectivity index (χ0v) is 12.3. The first-order valence-corrected chi connectivity index (χ1v) is 8.37. The van der Waals surface area contributed by atoms with Gasteiger partial charge < -0.3 is 14.6 Å². The minimum atomic E-state index is 0.272. The first-order chi connectivity index (χ1) is 9.81. The molecule has 3 fully saturated rings. The Morgan fingerprint density at radius 1 is 1.20 bits per heavy atom. The van der Waals surface area contributed by atoms with E-state index < -0.39 is 0 Å². The number of ether oxygens (including phenoxy) is 1. The maximum Gasteiger partial charge on any atom is 0.0762 e. The van der Waals surface area contributed by atoms with Crippen LogP contribution in [0.4, 0.5) is 0 Å². The lowest BCUT2D eigenvalue weighted by Crippen LogP contribution is -2.26. The van der Waals surface area contributed by atoms with Gasteiger partial charge in [-0.3, -0.25) is 0 Å².